The summed E-state index contributed by atoms with van der Waals surface area (Å²) in [5.74, 6) is 0. The Morgan fingerprint density at radius 3 is 2.39 bits per heavy atom. The number of nitrogens with zero attached hydrogens (tertiary/aromatic N) is 2. The molecule has 3 aromatic rings. The number of aromatic nitrogens is 1. The van der Waals surface area contributed by atoms with E-state index < -0.39 is 0 Å². The first kappa shape index (κ1) is 22.6. The van der Waals surface area contributed by atoms with Crippen LogP contribution in [0.1, 0.15) is 78.7 Å². The van der Waals surface area contributed by atoms with Crippen molar-refractivity contribution in [2.24, 2.45) is 0 Å². The molecular weight excluding hydrogens is 424 g/mol. The van der Waals surface area contributed by atoms with E-state index in [0.29, 0.717) is 6.04 Å². The van der Waals surface area contributed by atoms with Gasteiger partial charge in [0.2, 0.25) is 0 Å². The molecule has 0 N–H and O–H groups in total. The predicted molar refractivity (Wildman–Crippen MR) is 139 cm³/mol. The van der Waals surface area contributed by atoms with Gasteiger partial charge in [-0.15, -0.1) is 0 Å². The molecule has 2 nitrogen and oxygen atoms in total. The maximum Gasteiger partial charge on any atom is 0.0713 e. The Kier molecular flexibility index (Phi) is 6.58. The molecule has 5 rings (SSSR count). The van der Waals surface area contributed by atoms with Gasteiger partial charge in [-0.1, -0.05) is 62.7 Å². The number of fused-ring (bicyclic) bond motifs is 2. The molecule has 0 bridgehead atoms. The summed E-state index contributed by atoms with van der Waals surface area (Å²) in [6.45, 7) is 8.89. The SMILES string of the molecule is CCc1cccc(CC)c1-c1cc(CC)c2c(n1)CCCC2N1CCc2c(Cl)cccc2C1. The Balaban J connectivity index is 1.56. The molecule has 0 saturated heterocycles. The topological polar surface area (TPSA) is 16.1 Å². The molecule has 0 radical (unpaired) electrons. The first-order valence-corrected chi connectivity index (χ1v) is 13.2. The summed E-state index contributed by atoms with van der Waals surface area (Å²) in [6.07, 6.45) is 7.72. The molecule has 2 heterocycles. The lowest BCUT2D eigenvalue weighted by molar-refractivity contribution is 0.160. The molecule has 1 aromatic heterocycles. The number of hydrogen-bond acceptors (Lipinski definition) is 2. The van der Waals surface area contributed by atoms with E-state index in [9.17, 15) is 0 Å². The highest BCUT2D eigenvalue weighted by Crippen LogP contribution is 2.41. The molecule has 0 spiro atoms. The van der Waals surface area contributed by atoms with Crippen LogP contribution in [0, 0.1) is 0 Å². The maximum atomic E-state index is 6.50. The average molecular weight is 459 g/mol. The largest absolute Gasteiger partial charge is 0.292 e. The van der Waals surface area contributed by atoms with E-state index in [1.54, 1.807) is 0 Å². The second-order valence-electron chi connectivity index (χ2n) is 9.54. The third-order valence-electron chi connectivity index (χ3n) is 7.76. The van der Waals surface area contributed by atoms with Crippen molar-refractivity contribution in [3.05, 3.63) is 86.6 Å². The van der Waals surface area contributed by atoms with Crippen molar-refractivity contribution >= 4 is 11.6 Å². The van der Waals surface area contributed by atoms with Crippen LogP contribution in [0.4, 0.5) is 0 Å². The Bertz CT molecular complexity index is 1130. The summed E-state index contributed by atoms with van der Waals surface area (Å²) < 4.78 is 0. The smallest absolute Gasteiger partial charge is 0.0713 e. The lowest BCUT2D eigenvalue weighted by Crippen LogP contribution is -2.36. The number of halogens is 1. The van der Waals surface area contributed by atoms with E-state index in [1.165, 1.54) is 63.2 Å². The summed E-state index contributed by atoms with van der Waals surface area (Å²) in [4.78, 5) is 8.05. The second-order valence-corrected chi connectivity index (χ2v) is 9.95. The van der Waals surface area contributed by atoms with Crippen molar-refractivity contribution in [2.75, 3.05) is 6.54 Å². The fraction of sp³-hybridized carbons (Fsp3) is 0.433. The number of pyridine rings is 1. The van der Waals surface area contributed by atoms with E-state index in [4.69, 9.17) is 16.6 Å². The van der Waals surface area contributed by atoms with Gasteiger partial charge in [0, 0.05) is 35.4 Å². The van der Waals surface area contributed by atoms with Gasteiger partial charge < -0.3 is 0 Å². The fourth-order valence-corrected chi connectivity index (χ4v) is 6.37. The van der Waals surface area contributed by atoms with Crippen LogP contribution in [0.3, 0.4) is 0 Å². The molecule has 3 heteroatoms. The lowest BCUT2D eigenvalue weighted by Gasteiger charge is -2.40. The molecule has 1 aliphatic carbocycles. The predicted octanol–water partition coefficient (Wildman–Crippen LogP) is 7.52. The second kappa shape index (κ2) is 9.60. The van der Waals surface area contributed by atoms with Crippen LogP contribution in [0.5, 0.6) is 0 Å². The number of hydrogen-bond donors (Lipinski definition) is 0. The number of benzene rings is 2. The van der Waals surface area contributed by atoms with Gasteiger partial charge in [0.15, 0.2) is 0 Å². The van der Waals surface area contributed by atoms with Crippen LogP contribution in [0.25, 0.3) is 11.3 Å². The summed E-state index contributed by atoms with van der Waals surface area (Å²) in [7, 11) is 0. The molecule has 33 heavy (non-hydrogen) atoms. The van der Waals surface area contributed by atoms with Gasteiger partial charge in [-0.05, 0) is 90.5 Å². The van der Waals surface area contributed by atoms with Crippen molar-refractivity contribution in [2.45, 2.75) is 78.3 Å². The summed E-state index contributed by atoms with van der Waals surface area (Å²) in [5.41, 5.74) is 12.5. The standard InChI is InChI=1S/C30H35ClN2/c1-4-20-10-7-11-21(5-2)29(20)27-18-22(6-3)30-26(32-27)14-9-15-28(30)33-17-16-24-23(19-33)12-8-13-25(24)31/h7-8,10-13,18,28H,4-6,9,14-17,19H2,1-3H3. The van der Waals surface area contributed by atoms with Gasteiger partial charge in [-0.25, -0.2) is 0 Å². The molecule has 1 aliphatic heterocycles. The Morgan fingerprint density at radius 2 is 1.67 bits per heavy atom. The number of rotatable bonds is 5. The first-order chi connectivity index (χ1) is 16.1. The van der Waals surface area contributed by atoms with Crippen molar-refractivity contribution in [3.8, 4) is 11.3 Å². The lowest BCUT2D eigenvalue weighted by atomic mass is 9.83. The molecule has 1 unspecified atom stereocenters. The normalized spacial score (nSPS) is 18.1. The maximum absolute atomic E-state index is 6.50. The van der Waals surface area contributed by atoms with E-state index in [1.807, 2.05) is 6.07 Å². The van der Waals surface area contributed by atoms with Crippen LogP contribution in [-0.4, -0.2) is 16.4 Å². The van der Waals surface area contributed by atoms with Crippen LogP contribution in [0.15, 0.2) is 42.5 Å². The van der Waals surface area contributed by atoms with E-state index in [2.05, 4.69) is 62.1 Å². The highest BCUT2D eigenvalue weighted by Gasteiger charge is 2.32. The van der Waals surface area contributed by atoms with Crippen molar-refractivity contribution in [1.29, 1.82) is 0 Å². The third kappa shape index (κ3) is 4.13. The molecular formula is C30H35ClN2. The summed E-state index contributed by atoms with van der Waals surface area (Å²) in [6, 6.07) is 16.0. The zero-order chi connectivity index (χ0) is 22.9. The average Bonchev–Trinajstić information content (AvgIpc) is 2.87. The van der Waals surface area contributed by atoms with Crippen LogP contribution < -0.4 is 0 Å². The summed E-state index contributed by atoms with van der Waals surface area (Å²) in [5, 5.41) is 0.929. The van der Waals surface area contributed by atoms with Gasteiger partial charge in [0.1, 0.15) is 0 Å². The molecule has 2 aliphatic rings. The Hall–Kier alpha value is -2.16. The van der Waals surface area contributed by atoms with E-state index in [0.717, 1.165) is 50.2 Å². The van der Waals surface area contributed by atoms with Gasteiger partial charge in [-0.2, -0.15) is 0 Å². The van der Waals surface area contributed by atoms with Crippen LogP contribution in [-0.2, 0) is 38.6 Å². The highest BCUT2D eigenvalue weighted by atomic mass is 35.5. The molecule has 172 valence electrons. The zero-order valence-electron chi connectivity index (χ0n) is 20.3. The van der Waals surface area contributed by atoms with Crippen LogP contribution in [0.2, 0.25) is 5.02 Å². The molecule has 0 amide bonds. The van der Waals surface area contributed by atoms with Gasteiger partial charge >= 0.3 is 0 Å². The third-order valence-corrected chi connectivity index (χ3v) is 8.12. The van der Waals surface area contributed by atoms with E-state index >= 15 is 0 Å². The zero-order valence-corrected chi connectivity index (χ0v) is 21.0. The summed E-state index contributed by atoms with van der Waals surface area (Å²) >= 11 is 6.50. The van der Waals surface area contributed by atoms with Gasteiger partial charge in [0.25, 0.3) is 0 Å². The monoisotopic (exact) mass is 458 g/mol. The van der Waals surface area contributed by atoms with Crippen molar-refractivity contribution < 1.29 is 0 Å². The Labute approximate surface area is 204 Å². The Morgan fingerprint density at radius 1 is 0.939 bits per heavy atom. The number of aryl methyl sites for hydroxylation is 4. The van der Waals surface area contributed by atoms with E-state index in [-0.39, 0.29) is 0 Å². The minimum Gasteiger partial charge on any atom is -0.292 e. The molecule has 2 aromatic carbocycles. The minimum atomic E-state index is 0.462. The van der Waals surface area contributed by atoms with Crippen molar-refractivity contribution in [3.63, 3.8) is 0 Å². The molecule has 0 fully saturated rings. The highest BCUT2D eigenvalue weighted by molar-refractivity contribution is 6.31. The van der Waals surface area contributed by atoms with Gasteiger partial charge in [0.05, 0.1) is 5.69 Å². The van der Waals surface area contributed by atoms with Crippen molar-refractivity contribution in [1.82, 2.24) is 9.88 Å². The minimum absolute atomic E-state index is 0.462. The molecule has 1 atom stereocenters. The van der Waals surface area contributed by atoms with Gasteiger partial charge in [-0.3, -0.25) is 9.88 Å². The quantitative estimate of drug-likeness (QED) is 0.393. The first-order valence-electron chi connectivity index (χ1n) is 12.8. The van der Waals surface area contributed by atoms with Crippen LogP contribution >= 0.6 is 11.6 Å². The molecule has 0 saturated carbocycles. The fourth-order valence-electron chi connectivity index (χ4n) is 6.08.